The van der Waals surface area contributed by atoms with Gasteiger partial charge in [-0.3, -0.25) is 4.79 Å². The van der Waals surface area contributed by atoms with Crippen LogP contribution in [0.3, 0.4) is 0 Å². The fourth-order valence-corrected chi connectivity index (χ4v) is 1.56. The van der Waals surface area contributed by atoms with Gasteiger partial charge in [0.05, 0.1) is 6.42 Å². The Morgan fingerprint density at radius 1 is 1.67 bits per heavy atom. The van der Waals surface area contributed by atoms with Crippen molar-refractivity contribution >= 4 is 11.7 Å². The minimum atomic E-state index is -0.169. The lowest BCUT2D eigenvalue weighted by Gasteiger charge is -2.16. The van der Waals surface area contributed by atoms with Crippen molar-refractivity contribution in [2.45, 2.75) is 45.1 Å². The SMILES string of the molecule is CCC(CC1CC1)NC(=O)CC(N)=NO. The van der Waals surface area contributed by atoms with Crippen LogP contribution in [-0.4, -0.2) is 23.0 Å². The minimum Gasteiger partial charge on any atom is -0.409 e. The second-order valence-electron chi connectivity index (χ2n) is 4.12. The normalized spacial score (nSPS) is 18.6. The standard InChI is InChI=1S/C10H19N3O2/c1-2-8(5-7-3-4-7)12-10(14)6-9(11)13-15/h7-8,15H,2-6H2,1H3,(H2,11,13)(H,12,14). The third kappa shape index (κ3) is 4.67. The molecular formula is C10H19N3O2. The third-order valence-electron chi connectivity index (χ3n) is 2.64. The summed E-state index contributed by atoms with van der Waals surface area (Å²) >= 11 is 0. The van der Waals surface area contributed by atoms with Gasteiger partial charge in [-0.1, -0.05) is 24.9 Å². The van der Waals surface area contributed by atoms with E-state index in [0.717, 1.165) is 18.8 Å². The average Bonchev–Trinajstić information content (AvgIpc) is 3.00. The first-order valence-electron chi connectivity index (χ1n) is 5.41. The summed E-state index contributed by atoms with van der Waals surface area (Å²) < 4.78 is 0. The lowest BCUT2D eigenvalue weighted by atomic mass is 10.1. The molecule has 1 unspecified atom stereocenters. The minimum absolute atomic E-state index is 0.0301. The Morgan fingerprint density at radius 3 is 2.80 bits per heavy atom. The third-order valence-corrected chi connectivity index (χ3v) is 2.64. The van der Waals surface area contributed by atoms with Gasteiger partial charge < -0.3 is 16.3 Å². The maximum atomic E-state index is 11.4. The lowest BCUT2D eigenvalue weighted by molar-refractivity contribution is -0.120. The Kier molecular flexibility index (Phi) is 4.39. The molecule has 15 heavy (non-hydrogen) atoms. The Morgan fingerprint density at radius 2 is 2.33 bits per heavy atom. The van der Waals surface area contributed by atoms with Gasteiger partial charge in [-0.15, -0.1) is 0 Å². The van der Waals surface area contributed by atoms with E-state index in [-0.39, 0.29) is 24.2 Å². The Labute approximate surface area is 89.7 Å². The van der Waals surface area contributed by atoms with Crippen molar-refractivity contribution < 1.29 is 10.0 Å². The van der Waals surface area contributed by atoms with Crippen LogP contribution in [0.25, 0.3) is 0 Å². The van der Waals surface area contributed by atoms with Crippen molar-refractivity contribution in [3.05, 3.63) is 0 Å². The molecule has 1 aliphatic carbocycles. The molecular weight excluding hydrogens is 194 g/mol. The molecule has 0 bridgehead atoms. The second-order valence-corrected chi connectivity index (χ2v) is 4.12. The van der Waals surface area contributed by atoms with E-state index >= 15 is 0 Å². The highest BCUT2D eigenvalue weighted by atomic mass is 16.4. The van der Waals surface area contributed by atoms with E-state index in [1.54, 1.807) is 0 Å². The van der Waals surface area contributed by atoms with Crippen molar-refractivity contribution in [2.24, 2.45) is 16.8 Å². The Hall–Kier alpha value is -1.26. The number of nitrogens with one attached hydrogen (secondary N) is 1. The topological polar surface area (TPSA) is 87.7 Å². The fourth-order valence-electron chi connectivity index (χ4n) is 1.56. The molecule has 0 heterocycles. The van der Waals surface area contributed by atoms with Gasteiger partial charge in [0.15, 0.2) is 0 Å². The molecule has 4 N–H and O–H groups in total. The molecule has 1 rings (SSSR count). The number of amidine groups is 1. The number of hydrogen-bond acceptors (Lipinski definition) is 3. The summed E-state index contributed by atoms with van der Waals surface area (Å²) in [5, 5.41) is 14.0. The molecule has 86 valence electrons. The van der Waals surface area contributed by atoms with Gasteiger partial charge in [0.1, 0.15) is 5.84 Å². The molecule has 0 aromatic rings. The maximum absolute atomic E-state index is 11.4. The van der Waals surface area contributed by atoms with Crippen LogP contribution in [0, 0.1) is 5.92 Å². The van der Waals surface area contributed by atoms with E-state index in [1.165, 1.54) is 12.8 Å². The maximum Gasteiger partial charge on any atom is 0.227 e. The zero-order valence-electron chi connectivity index (χ0n) is 9.07. The molecule has 1 aliphatic rings. The van der Waals surface area contributed by atoms with E-state index < -0.39 is 0 Å². The van der Waals surface area contributed by atoms with Gasteiger partial charge in [0, 0.05) is 6.04 Å². The summed E-state index contributed by atoms with van der Waals surface area (Å²) in [6.07, 6.45) is 4.52. The summed E-state index contributed by atoms with van der Waals surface area (Å²) in [6, 6.07) is 0.233. The van der Waals surface area contributed by atoms with Crippen LogP contribution in [0.1, 0.15) is 39.0 Å². The van der Waals surface area contributed by atoms with Crippen molar-refractivity contribution in [3.63, 3.8) is 0 Å². The molecule has 1 amide bonds. The molecule has 0 spiro atoms. The van der Waals surface area contributed by atoms with Gasteiger partial charge >= 0.3 is 0 Å². The van der Waals surface area contributed by atoms with Gasteiger partial charge in [-0.05, 0) is 18.8 Å². The predicted molar refractivity (Wildman–Crippen MR) is 57.6 cm³/mol. The number of carbonyl (C=O) groups excluding carboxylic acids is 1. The molecule has 5 nitrogen and oxygen atoms in total. The highest BCUT2D eigenvalue weighted by molar-refractivity contribution is 5.98. The number of amides is 1. The molecule has 0 aromatic heterocycles. The van der Waals surface area contributed by atoms with Crippen molar-refractivity contribution in [2.75, 3.05) is 0 Å². The van der Waals surface area contributed by atoms with Crippen molar-refractivity contribution in [1.82, 2.24) is 5.32 Å². The van der Waals surface area contributed by atoms with Gasteiger partial charge in [-0.2, -0.15) is 0 Å². The predicted octanol–water partition coefficient (Wildman–Crippen LogP) is 0.818. The summed E-state index contributed by atoms with van der Waals surface area (Å²) in [4.78, 5) is 11.4. The smallest absolute Gasteiger partial charge is 0.227 e. The number of hydrogen-bond donors (Lipinski definition) is 3. The fraction of sp³-hybridized carbons (Fsp3) is 0.800. The molecule has 5 heteroatoms. The molecule has 0 saturated heterocycles. The second kappa shape index (κ2) is 5.58. The average molecular weight is 213 g/mol. The molecule has 1 saturated carbocycles. The first kappa shape index (κ1) is 11.8. The van der Waals surface area contributed by atoms with Crippen LogP contribution in [0.2, 0.25) is 0 Å². The highest BCUT2D eigenvalue weighted by Crippen LogP contribution is 2.33. The molecule has 0 radical (unpaired) electrons. The van der Waals surface area contributed by atoms with E-state index in [2.05, 4.69) is 17.4 Å². The van der Waals surface area contributed by atoms with Crippen LogP contribution in [0.15, 0.2) is 5.16 Å². The van der Waals surface area contributed by atoms with E-state index in [9.17, 15) is 4.79 Å². The zero-order valence-corrected chi connectivity index (χ0v) is 9.07. The number of oxime groups is 1. The van der Waals surface area contributed by atoms with Crippen LogP contribution in [-0.2, 0) is 4.79 Å². The van der Waals surface area contributed by atoms with Gasteiger partial charge in [-0.25, -0.2) is 0 Å². The largest absolute Gasteiger partial charge is 0.409 e. The van der Waals surface area contributed by atoms with Gasteiger partial charge in [0.2, 0.25) is 5.91 Å². The number of nitrogens with two attached hydrogens (primary N) is 1. The molecule has 0 aromatic carbocycles. The number of nitrogens with zero attached hydrogens (tertiary/aromatic N) is 1. The van der Waals surface area contributed by atoms with E-state index in [1.807, 2.05) is 0 Å². The number of rotatable bonds is 6. The monoisotopic (exact) mass is 213 g/mol. The van der Waals surface area contributed by atoms with Crippen molar-refractivity contribution in [3.8, 4) is 0 Å². The lowest BCUT2D eigenvalue weighted by Crippen LogP contribution is -2.37. The van der Waals surface area contributed by atoms with Crippen LogP contribution < -0.4 is 11.1 Å². The van der Waals surface area contributed by atoms with Crippen LogP contribution in [0.5, 0.6) is 0 Å². The van der Waals surface area contributed by atoms with Crippen LogP contribution >= 0.6 is 0 Å². The first-order chi connectivity index (χ1) is 7.15. The Bertz CT molecular complexity index is 249. The summed E-state index contributed by atoms with van der Waals surface area (Å²) in [5.41, 5.74) is 5.24. The Balaban J connectivity index is 2.26. The summed E-state index contributed by atoms with van der Waals surface area (Å²) in [6.45, 7) is 2.05. The quantitative estimate of drug-likeness (QED) is 0.264. The van der Waals surface area contributed by atoms with E-state index in [0.29, 0.717) is 0 Å². The van der Waals surface area contributed by atoms with E-state index in [4.69, 9.17) is 10.9 Å². The van der Waals surface area contributed by atoms with Crippen LogP contribution in [0.4, 0.5) is 0 Å². The molecule has 1 atom stereocenters. The zero-order chi connectivity index (χ0) is 11.3. The highest BCUT2D eigenvalue weighted by Gasteiger charge is 2.25. The molecule has 0 aliphatic heterocycles. The summed E-state index contributed by atoms with van der Waals surface area (Å²) in [7, 11) is 0. The van der Waals surface area contributed by atoms with Gasteiger partial charge in [0.25, 0.3) is 0 Å². The first-order valence-corrected chi connectivity index (χ1v) is 5.41. The molecule has 1 fully saturated rings. The number of carbonyl (C=O) groups is 1. The summed E-state index contributed by atoms with van der Waals surface area (Å²) in [5.74, 6) is 0.575. The van der Waals surface area contributed by atoms with Crippen molar-refractivity contribution in [1.29, 1.82) is 0 Å².